The maximum atomic E-state index is 12.6. The normalized spacial score (nSPS) is 10.6. The highest BCUT2D eigenvalue weighted by Crippen LogP contribution is 2.24. The van der Waals surface area contributed by atoms with Crippen LogP contribution in [0.5, 0.6) is 0 Å². The molecule has 0 saturated heterocycles. The number of likely N-dealkylation sites (N-methyl/N-ethyl adjacent to an activating group) is 1. The van der Waals surface area contributed by atoms with Crippen LogP contribution in [0.2, 0.25) is 0 Å². The molecule has 0 aliphatic carbocycles. The van der Waals surface area contributed by atoms with Crippen molar-refractivity contribution in [2.75, 3.05) is 25.6 Å². The lowest BCUT2D eigenvalue weighted by Gasteiger charge is -2.13. The van der Waals surface area contributed by atoms with Crippen molar-refractivity contribution < 1.29 is 9.63 Å². The zero-order valence-electron chi connectivity index (χ0n) is 15.0. The van der Waals surface area contributed by atoms with Gasteiger partial charge in [0.25, 0.3) is 0 Å². The van der Waals surface area contributed by atoms with E-state index in [0.29, 0.717) is 5.56 Å². The maximum absolute atomic E-state index is 12.6. The number of carbonyl (C=O) groups is 1. The van der Waals surface area contributed by atoms with Crippen LogP contribution in [0.1, 0.15) is 22.8 Å². The van der Waals surface area contributed by atoms with E-state index in [1.807, 2.05) is 48.7 Å². The Balaban J connectivity index is 0.00000243. The molecule has 0 unspecified atom stereocenters. The molecule has 0 fully saturated rings. The van der Waals surface area contributed by atoms with Gasteiger partial charge in [0, 0.05) is 23.6 Å². The summed E-state index contributed by atoms with van der Waals surface area (Å²) in [5.41, 5.74) is 6.09. The number of aromatic nitrogens is 1. The fourth-order valence-electron chi connectivity index (χ4n) is 2.76. The Morgan fingerprint density at radius 3 is 2.65 bits per heavy atom. The number of carbonyl (C=O) groups excluding carboxylic acids is 1. The molecule has 2 aromatic carbocycles. The van der Waals surface area contributed by atoms with E-state index in [9.17, 15) is 4.79 Å². The molecule has 0 aliphatic heterocycles. The number of H-pyrrole nitrogens is 1. The molecule has 0 radical (unpaired) electrons. The highest BCUT2D eigenvalue weighted by Gasteiger charge is 2.16. The van der Waals surface area contributed by atoms with Crippen LogP contribution in [-0.4, -0.2) is 36.0 Å². The van der Waals surface area contributed by atoms with Gasteiger partial charge in [-0.2, -0.15) is 0 Å². The Kier molecular flexibility index (Phi) is 7.06. The number of benzene rings is 2. The van der Waals surface area contributed by atoms with Gasteiger partial charge in [0.2, 0.25) is 0 Å². The predicted molar refractivity (Wildman–Crippen MR) is 108 cm³/mol. The molecule has 0 bridgehead atoms. The first kappa shape index (κ1) is 19.8. The number of hydrogen-bond donors (Lipinski definition) is 2. The molecule has 0 aliphatic rings. The molecule has 2 N–H and O–H groups in total. The molecule has 1 heterocycles. The number of anilines is 1. The lowest BCUT2D eigenvalue weighted by atomic mass is 10.0. The molecule has 5 nitrogen and oxygen atoms in total. The van der Waals surface area contributed by atoms with Gasteiger partial charge >= 0.3 is 5.97 Å². The first-order valence-corrected chi connectivity index (χ1v) is 8.48. The number of rotatable bonds is 7. The molecule has 3 rings (SSSR count). The third-order valence-corrected chi connectivity index (χ3v) is 4.35. The lowest BCUT2D eigenvalue weighted by Crippen LogP contribution is -2.20. The minimum Gasteiger partial charge on any atom is -0.361 e. The van der Waals surface area contributed by atoms with Crippen LogP contribution < -0.4 is 5.48 Å². The van der Waals surface area contributed by atoms with E-state index in [2.05, 4.69) is 29.3 Å². The van der Waals surface area contributed by atoms with Crippen LogP contribution in [0.25, 0.3) is 10.9 Å². The van der Waals surface area contributed by atoms with Crippen LogP contribution >= 0.6 is 12.4 Å². The summed E-state index contributed by atoms with van der Waals surface area (Å²) in [5, 5.41) is 0.937. The lowest BCUT2D eigenvalue weighted by molar-refractivity contribution is 0.0598. The van der Waals surface area contributed by atoms with Gasteiger partial charge in [-0.05, 0) is 49.8 Å². The van der Waals surface area contributed by atoms with E-state index in [1.54, 1.807) is 6.07 Å². The zero-order valence-corrected chi connectivity index (χ0v) is 15.8. The van der Waals surface area contributed by atoms with Crippen molar-refractivity contribution in [2.24, 2.45) is 0 Å². The van der Waals surface area contributed by atoms with Crippen molar-refractivity contribution in [1.82, 2.24) is 9.88 Å². The summed E-state index contributed by atoms with van der Waals surface area (Å²) in [5.74, 6) is -0.390. The van der Waals surface area contributed by atoms with Crippen LogP contribution in [0.4, 0.5) is 5.69 Å². The molecule has 0 saturated carbocycles. The highest BCUT2D eigenvalue weighted by atomic mass is 35.5. The Hall–Kier alpha value is -2.50. The predicted octanol–water partition coefficient (Wildman–Crippen LogP) is 4.27. The summed E-state index contributed by atoms with van der Waals surface area (Å²) in [6.07, 6.45) is 2.86. The molecule has 1 aromatic heterocycles. The van der Waals surface area contributed by atoms with Crippen LogP contribution in [0.3, 0.4) is 0 Å². The molecule has 0 spiro atoms. The minimum absolute atomic E-state index is 0. The average molecular weight is 374 g/mol. The average Bonchev–Trinajstić information content (AvgIpc) is 3.08. The van der Waals surface area contributed by atoms with Crippen molar-refractivity contribution in [3.05, 3.63) is 65.9 Å². The van der Waals surface area contributed by atoms with E-state index in [4.69, 9.17) is 4.84 Å². The number of fused-ring (bicyclic) bond motifs is 1. The molecular weight excluding hydrogens is 350 g/mol. The third-order valence-electron chi connectivity index (χ3n) is 4.35. The Bertz CT molecular complexity index is 849. The topological polar surface area (TPSA) is 57.4 Å². The van der Waals surface area contributed by atoms with Gasteiger partial charge in [-0.15, -0.1) is 12.4 Å². The summed E-state index contributed by atoms with van der Waals surface area (Å²) in [6, 6.07) is 15.0. The minimum atomic E-state index is -0.390. The molecule has 138 valence electrons. The Morgan fingerprint density at radius 2 is 1.92 bits per heavy atom. The second kappa shape index (κ2) is 9.27. The summed E-state index contributed by atoms with van der Waals surface area (Å²) in [4.78, 5) is 23.3. The van der Waals surface area contributed by atoms with Crippen molar-refractivity contribution in [1.29, 1.82) is 0 Å². The fourth-order valence-corrected chi connectivity index (χ4v) is 2.76. The van der Waals surface area contributed by atoms with Gasteiger partial charge < -0.3 is 14.7 Å². The second-order valence-electron chi connectivity index (χ2n) is 6.05. The Labute approximate surface area is 159 Å². The van der Waals surface area contributed by atoms with E-state index < -0.39 is 0 Å². The standard InChI is InChI=1S/C20H23N3O2.ClH/c1-3-23(2)13-12-15-14-21-18-11-7-10-17(19(15)18)20(24)25-22-16-8-5-4-6-9-16;/h4-11,14,21-22H,3,12-13H2,1-2H3;1H. The maximum Gasteiger partial charge on any atom is 0.363 e. The van der Waals surface area contributed by atoms with Crippen molar-refractivity contribution >= 4 is 35.0 Å². The van der Waals surface area contributed by atoms with E-state index in [-0.39, 0.29) is 18.4 Å². The summed E-state index contributed by atoms with van der Waals surface area (Å²) >= 11 is 0. The van der Waals surface area contributed by atoms with Crippen LogP contribution in [-0.2, 0) is 11.3 Å². The smallest absolute Gasteiger partial charge is 0.361 e. The zero-order chi connectivity index (χ0) is 17.6. The van der Waals surface area contributed by atoms with Crippen molar-refractivity contribution in [3.8, 4) is 0 Å². The van der Waals surface area contributed by atoms with Crippen LogP contribution in [0.15, 0.2) is 54.7 Å². The molecule has 26 heavy (non-hydrogen) atoms. The first-order chi connectivity index (χ1) is 12.2. The van der Waals surface area contributed by atoms with Crippen LogP contribution in [0, 0.1) is 0 Å². The van der Waals surface area contributed by atoms with Gasteiger partial charge in [0.15, 0.2) is 0 Å². The van der Waals surface area contributed by atoms with Gasteiger partial charge in [-0.25, -0.2) is 10.3 Å². The molecule has 0 atom stereocenters. The molecule has 0 amide bonds. The van der Waals surface area contributed by atoms with E-state index >= 15 is 0 Å². The first-order valence-electron chi connectivity index (χ1n) is 8.48. The number of aromatic amines is 1. The molecular formula is C20H24ClN3O2. The number of halogens is 1. The van der Waals surface area contributed by atoms with Gasteiger partial charge in [-0.1, -0.05) is 31.2 Å². The van der Waals surface area contributed by atoms with Gasteiger partial charge in [0.05, 0.1) is 11.3 Å². The van der Waals surface area contributed by atoms with E-state index in [1.165, 1.54) is 0 Å². The van der Waals surface area contributed by atoms with Crippen molar-refractivity contribution in [3.63, 3.8) is 0 Å². The third kappa shape index (κ3) is 4.56. The Morgan fingerprint density at radius 1 is 1.15 bits per heavy atom. The largest absolute Gasteiger partial charge is 0.363 e. The quantitative estimate of drug-likeness (QED) is 0.607. The van der Waals surface area contributed by atoms with E-state index in [0.717, 1.165) is 41.7 Å². The summed E-state index contributed by atoms with van der Waals surface area (Å²) in [6.45, 7) is 4.07. The molecule has 3 aromatic rings. The van der Waals surface area contributed by atoms with Gasteiger partial charge in [0.1, 0.15) is 0 Å². The number of para-hydroxylation sites is 1. The second-order valence-corrected chi connectivity index (χ2v) is 6.05. The summed E-state index contributed by atoms with van der Waals surface area (Å²) in [7, 11) is 2.09. The number of hydrogen-bond acceptors (Lipinski definition) is 4. The van der Waals surface area contributed by atoms with Crippen molar-refractivity contribution in [2.45, 2.75) is 13.3 Å². The number of nitrogens with zero attached hydrogens (tertiary/aromatic N) is 1. The monoisotopic (exact) mass is 373 g/mol. The fraction of sp³-hybridized carbons (Fsp3) is 0.250. The highest BCUT2D eigenvalue weighted by molar-refractivity contribution is 6.05. The summed E-state index contributed by atoms with van der Waals surface area (Å²) < 4.78 is 0. The van der Waals surface area contributed by atoms with Gasteiger partial charge in [-0.3, -0.25) is 0 Å². The SMILES string of the molecule is CCN(C)CCc1c[nH]c2cccc(C(=O)ONc3ccccc3)c12.Cl. The number of nitrogens with one attached hydrogen (secondary N) is 2. The molecule has 6 heteroatoms.